The molecule has 0 saturated carbocycles. The Morgan fingerprint density at radius 1 is 1.20 bits per heavy atom. The summed E-state index contributed by atoms with van der Waals surface area (Å²) in [5, 5.41) is 0. The van der Waals surface area contributed by atoms with E-state index < -0.39 is 23.8 Å². The van der Waals surface area contributed by atoms with Gasteiger partial charge in [-0.25, -0.2) is 0 Å². The lowest BCUT2D eigenvalue weighted by atomic mass is 9.72. The number of hydrogen-bond donors (Lipinski definition) is 0. The molecule has 3 rings (SSSR count). The van der Waals surface area contributed by atoms with Gasteiger partial charge in [0.2, 0.25) is 0 Å². The van der Waals surface area contributed by atoms with Crippen LogP contribution >= 0.6 is 0 Å². The van der Waals surface area contributed by atoms with Crippen molar-refractivity contribution in [2.75, 3.05) is 0 Å². The van der Waals surface area contributed by atoms with E-state index in [4.69, 9.17) is 4.74 Å². The fourth-order valence-corrected chi connectivity index (χ4v) is 3.22. The van der Waals surface area contributed by atoms with Gasteiger partial charge < -0.3 is 4.74 Å². The van der Waals surface area contributed by atoms with Crippen LogP contribution in [0.5, 0.6) is 0 Å². The SMILES string of the molecule is C=C1C(CC)=C(c2ccccc2)CC2C(=O)OC(=O)C12. The van der Waals surface area contributed by atoms with Gasteiger partial charge in [-0.3, -0.25) is 9.59 Å². The van der Waals surface area contributed by atoms with Gasteiger partial charge in [0.15, 0.2) is 0 Å². The van der Waals surface area contributed by atoms with Crippen LogP contribution in [0.25, 0.3) is 5.57 Å². The number of carbonyl (C=O) groups excluding carboxylic acids is 2. The summed E-state index contributed by atoms with van der Waals surface area (Å²) in [5.41, 5.74) is 4.05. The van der Waals surface area contributed by atoms with Gasteiger partial charge in [0.25, 0.3) is 0 Å². The molecule has 1 fully saturated rings. The molecule has 2 atom stereocenters. The van der Waals surface area contributed by atoms with Crippen LogP contribution in [0, 0.1) is 11.8 Å². The molecular weight excluding hydrogens is 252 g/mol. The fourth-order valence-electron chi connectivity index (χ4n) is 3.22. The van der Waals surface area contributed by atoms with Crippen molar-refractivity contribution in [3.05, 3.63) is 53.6 Å². The largest absolute Gasteiger partial charge is 0.392 e. The highest BCUT2D eigenvalue weighted by Gasteiger charge is 2.49. The van der Waals surface area contributed by atoms with Crippen molar-refractivity contribution in [1.82, 2.24) is 0 Å². The third-order valence-electron chi connectivity index (χ3n) is 4.19. The van der Waals surface area contributed by atoms with Crippen molar-refractivity contribution in [1.29, 1.82) is 0 Å². The van der Waals surface area contributed by atoms with Gasteiger partial charge in [-0.1, -0.05) is 43.8 Å². The molecule has 1 heterocycles. The third-order valence-corrected chi connectivity index (χ3v) is 4.19. The summed E-state index contributed by atoms with van der Waals surface area (Å²) in [7, 11) is 0. The predicted octanol–water partition coefficient (Wildman–Crippen LogP) is 3.13. The molecule has 0 amide bonds. The zero-order valence-corrected chi connectivity index (χ0v) is 11.4. The molecule has 1 aromatic rings. The molecule has 3 heteroatoms. The van der Waals surface area contributed by atoms with Gasteiger partial charge in [-0.15, -0.1) is 0 Å². The maximum atomic E-state index is 11.8. The topological polar surface area (TPSA) is 43.4 Å². The lowest BCUT2D eigenvalue weighted by molar-refractivity contribution is -0.153. The lowest BCUT2D eigenvalue weighted by Gasteiger charge is -2.28. The molecule has 20 heavy (non-hydrogen) atoms. The average Bonchev–Trinajstić information content (AvgIpc) is 2.74. The molecule has 0 radical (unpaired) electrons. The van der Waals surface area contributed by atoms with Crippen LogP contribution < -0.4 is 0 Å². The average molecular weight is 268 g/mol. The monoisotopic (exact) mass is 268 g/mol. The minimum Gasteiger partial charge on any atom is -0.392 e. The summed E-state index contributed by atoms with van der Waals surface area (Å²) in [4.78, 5) is 23.6. The van der Waals surface area contributed by atoms with Gasteiger partial charge in [0, 0.05) is 0 Å². The van der Waals surface area contributed by atoms with Crippen molar-refractivity contribution in [2.45, 2.75) is 19.8 Å². The molecule has 1 saturated heterocycles. The minimum absolute atomic E-state index is 0.402. The van der Waals surface area contributed by atoms with Crippen LogP contribution in [0.3, 0.4) is 0 Å². The summed E-state index contributed by atoms with van der Waals surface area (Å²) >= 11 is 0. The summed E-state index contributed by atoms with van der Waals surface area (Å²) in [6.07, 6.45) is 1.36. The first-order valence-electron chi connectivity index (χ1n) is 6.85. The van der Waals surface area contributed by atoms with Crippen LogP contribution in [-0.2, 0) is 14.3 Å². The van der Waals surface area contributed by atoms with Gasteiger partial charge in [0.05, 0.1) is 11.8 Å². The Kier molecular flexibility index (Phi) is 3.05. The number of benzene rings is 1. The van der Waals surface area contributed by atoms with E-state index in [9.17, 15) is 9.59 Å². The van der Waals surface area contributed by atoms with E-state index in [-0.39, 0.29) is 0 Å². The number of esters is 2. The van der Waals surface area contributed by atoms with Crippen LogP contribution in [0.1, 0.15) is 25.3 Å². The first-order valence-corrected chi connectivity index (χ1v) is 6.85. The maximum absolute atomic E-state index is 11.8. The third kappa shape index (κ3) is 1.82. The first kappa shape index (κ1) is 12.9. The molecule has 3 nitrogen and oxygen atoms in total. The highest BCUT2D eigenvalue weighted by molar-refractivity contribution is 6.01. The first-order chi connectivity index (χ1) is 9.63. The van der Waals surface area contributed by atoms with Crippen molar-refractivity contribution in [2.24, 2.45) is 11.8 Å². The van der Waals surface area contributed by atoms with Crippen molar-refractivity contribution >= 4 is 17.5 Å². The van der Waals surface area contributed by atoms with Gasteiger partial charge in [0.1, 0.15) is 0 Å². The minimum atomic E-state index is -0.482. The van der Waals surface area contributed by atoms with E-state index in [1.165, 1.54) is 0 Å². The van der Waals surface area contributed by atoms with Gasteiger partial charge in [-0.05, 0) is 35.1 Å². The zero-order valence-electron chi connectivity index (χ0n) is 11.4. The number of hydrogen-bond acceptors (Lipinski definition) is 3. The Morgan fingerprint density at radius 2 is 1.90 bits per heavy atom. The Balaban J connectivity index is 2.11. The van der Waals surface area contributed by atoms with Crippen molar-refractivity contribution < 1.29 is 14.3 Å². The van der Waals surface area contributed by atoms with Crippen molar-refractivity contribution in [3.8, 4) is 0 Å². The number of ether oxygens (including phenoxy) is 1. The van der Waals surface area contributed by atoms with Crippen LogP contribution in [0.2, 0.25) is 0 Å². The molecule has 1 aromatic carbocycles. The molecule has 2 unspecified atom stereocenters. The van der Waals surface area contributed by atoms with Crippen LogP contribution in [0.4, 0.5) is 0 Å². The number of cyclic esters (lactones) is 2. The Hall–Kier alpha value is -2.16. The lowest BCUT2D eigenvalue weighted by Crippen LogP contribution is -2.25. The Bertz CT molecular complexity index is 625. The van der Waals surface area contributed by atoms with E-state index in [2.05, 4.69) is 6.58 Å². The standard InChI is InChI=1S/C17H16O3/c1-3-12-10(2)15-14(16(18)20-17(15)19)9-13(12)11-7-5-4-6-8-11/h4-8,14-15H,2-3,9H2,1H3. The van der Waals surface area contributed by atoms with E-state index in [1.807, 2.05) is 37.3 Å². The summed E-state index contributed by atoms with van der Waals surface area (Å²) < 4.78 is 4.79. The van der Waals surface area contributed by atoms with E-state index in [0.29, 0.717) is 6.42 Å². The van der Waals surface area contributed by atoms with E-state index in [0.717, 1.165) is 28.7 Å². The molecule has 0 aromatic heterocycles. The van der Waals surface area contributed by atoms with Crippen molar-refractivity contribution in [3.63, 3.8) is 0 Å². The number of allylic oxidation sites excluding steroid dienone is 2. The number of fused-ring (bicyclic) bond motifs is 1. The smallest absolute Gasteiger partial charge is 0.321 e. The zero-order chi connectivity index (χ0) is 14.3. The highest BCUT2D eigenvalue weighted by atomic mass is 16.6. The molecule has 102 valence electrons. The second kappa shape index (κ2) is 4.75. The molecule has 0 bridgehead atoms. The molecule has 0 spiro atoms. The van der Waals surface area contributed by atoms with Gasteiger partial charge in [-0.2, -0.15) is 0 Å². The van der Waals surface area contributed by atoms with Crippen LogP contribution in [0.15, 0.2) is 48.1 Å². The highest BCUT2D eigenvalue weighted by Crippen LogP contribution is 2.46. The van der Waals surface area contributed by atoms with E-state index >= 15 is 0 Å². The predicted molar refractivity (Wildman–Crippen MR) is 75.5 cm³/mol. The molecule has 1 aliphatic carbocycles. The second-order valence-electron chi connectivity index (χ2n) is 5.23. The Morgan fingerprint density at radius 3 is 2.55 bits per heavy atom. The molecular formula is C17H16O3. The molecule has 0 N–H and O–H groups in total. The summed E-state index contributed by atoms with van der Waals surface area (Å²) in [5.74, 6) is -1.74. The molecule has 2 aliphatic rings. The number of carbonyl (C=O) groups is 2. The fraction of sp³-hybridized carbons (Fsp3) is 0.294. The van der Waals surface area contributed by atoms with E-state index in [1.54, 1.807) is 0 Å². The van der Waals surface area contributed by atoms with Crippen LogP contribution in [-0.4, -0.2) is 11.9 Å². The van der Waals surface area contributed by atoms with Gasteiger partial charge >= 0.3 is 11.9 Å². The summed E-state index contributed by atoms with van der Waals surface area (Å²) in [6.45, 7) is 6.11. The second-order valence-corrected chi connectivity index (χ2v) is 5.23. The maximum Gasteiger partial charge on any atom is 0.321 e. The quantitative estimate of drug-likeness (QED) is 0.611. The number of rotatable bonds is 2. The molecule has 1 aliphatic heterocycles. The summed E-state index contributed by atoms with van der Waals surface area (Å²) in [6, 6.07) is 9.97. The Labute approximate surface area is 117 Å². The normalized spacial score (nSPS) is 25.8.